The van der Waals surface area contributed by atoms with Gasteiger partial charge in [0.2, 0.25) is 0 Å². The number of esters is 1. The maximum absolute atomic E-state index is 12.8. The number of carbonyl (C=O) groups is 2. The first-order valence-corrected chi connectivity index (χ1v) is 13.1. The number of imidazole rings is 1. The number of hydrogen-bond acceptors (Lipinski definition) is 5. The van der Waals surface area contributed by atoms with E-state index in [1.54, 1.807) is 10.6 Å². The minimum Gasteiger partial charge on any atom is -0.477 e. The van der Waals surface area contributed by atoms with Crippen molar-refractivity contribution in [1.82, 2.24) is 9.55 Å². The lowest BCUT2D eigenvalue weighted by Crippen LogP contribution is -2.24. The summed E-state index contributed by atoms with van der Waals surface area (Å²) in [5, 5.41) is 21.1. The molecule has 0 radical (unpaired) electrons. The molecule has 2 N–H and O–H groups in total. The Morgan fingerprint density at radius 3 is 2.18 bits per heavy atom. The number of ether oxygens (including phenoxy) is 1. The molecular formula is C31H40N2O5. The standard InChI is InChI=1S/C31H40N2O5/c1-8-9-14-24-32-25(27(34)30(2,3)4)26(28(35)36)33(24)19-20-15-17-21(18-16-20)22-12-10-11-13-23(22)29(37)38-31(5,6)7/h10-13,15-18,27,34H,8-9,14,19H2,1-7H3,(H,35,36). The van der Waals surface area contributed by atoms with Crippen molar-refractivity contribution in [3.63, 3.8) is 0 Å². The number of aromatic carboxylic acids is 1. The first kappa shape index (κ1) is 29.1. The third-order valence-electron chi connectivity index (χ3n) is 6.26. The highest BCUT2D eigenvalue weighted by molar-refractivity contribution is 5.97. The number of carboxylic acid groups (broad SMARTS) is 1. The van der Waals surface area contributed by atoms with Crippen LogP contribution >= 0.6 is 0 Å². The number of nitrogens with zero attached hydrogens (tertiary/aromatic N) is 2. The molecule has 0 bridgehead atoms. The van der Waals surface area contributed by atoms with Gasteiger partial charge in [0.1, 0.15) is 23.2 Å². The van der Waals surface area contributed by atoms with Crippen LogP contribution in [-0.4, -0.2) is 37.3 Å². The van der Waals surface area contributed by atoms with Crippen LogP contribution in [0.3, 0.4) is 0 Å². The van der Waals surface area contributed by atoms with Crippen molar-refractivity contribution in [2.75, 3.05) is 0 Å². The molecule has 2 aromatic carbocycles. The van der Waals surface area contributed by atoms with Gasteiger partial charge in [-0.2, -0.15) is 0 Å². The van der Waals surface area contributed by atoms with Gasteiger partial charge in [-0.05, 0) is 55.4 Å². The predicted octanol–water partition coefficient (Wildman–Crippen LogP) is 6.67. The highest BCUT2D eigenvalue weighted by Crippen LogP contribution is 2.35. The molecule has 0 spiro atoms. The van der Waals surface area contributed by atoms with Crippen LogP contribution in [0.2, 0.25) is 0 Å². The smallest absolute Gasteiger partial charge is 0.354 e. The normalized spacial score (nSPS) is 12.8. The average molecular weight is 521 g/mol. The number of benzene rings is 2. The summed E-state index contributed by atoms with van der Waals surface area (Å²) in [6, 6.07) is 15.0. The lowest BCUT2D eigenvalue weighted by atomic mass is 9.86. The van der Waals surface area contributed by atoms with E-state index in [1.165, 1.54) is 0 Å². The van der Waals surface area contributed by atoms with E-state index < -0.39 is 23.1 Å². The number of carbonyl (C=O) groups excluding carboxylic acids is 1. The number of aryl methyl sites for hydroxylation is 1. The molecule has 1 aromatic heterocycles. The lowest BCUT2D eigenvalue weighted by molar-refractivity contribution is 0.00702. The quantitative estimate of drug-likeness (QED) is 0.305. The van der Waals surface area contributed by atoms with Gasteiger partial charge in [-0.3, -0.25) is 0 Å². The van der Waals surface area contributed by atoms with E-state index >= 15 is 0 Å². The minimum absolute atomic E-state index is 0.0258. The maximum Gasteiger partial charge on any atom is 0.354 e. The molecule has 204 valence electrons. The van der Waals surface area contributed by atoms with Crippen molar-refractivity contribution < 1.29 is 24.5 Å². The van der Waals surface area contributed by atoms with Gasteiger partial charge in [0.05, 0.1) is 5.56 Å². The summed E-state index contributed by atoms with van der Waals surface area (Å²) in [5.41, 5.74) is 2.07. The minimum atomic E-state index is -1.11. The molecule has 1 atom stereocenters. The van der Waals surface area contributed by atoms with Gasteiger partial charge in [-0.1, -0.05) is 76.6 Å². The third kappa shape index (κ3) is 6.90. The molecule has 0 saturated heterocycles. The molecule has 3 rings (SSSR count). The largest absolute Gasteiger partial charge is 0.477 e. The molecular weight excluding hydrogens is 480 g/mol. The van der Waals surface area contributed by atoms with Gasteiger partial charge in [0.25, 0.3) is 0 Å². The molecule has 0 saturated carbocycles. The van der Waals surface area contributed by atoms with Crippen molar-refractivity contribution in [3.05, 3.63) is 76.9 Å². The van der Waals surface area contributed by atoms with Gasteiger partial charge in [0, 0.05) is 13.0 Å². The van der Waals surface area contributed by atoms with Gasteiger partial charge >= 0.3 is 11.9 Å². The second-order valence-electron chi connectivity index (χ2n) is 11.8. The van der Waals surface area contributed by atoms with E-state index in [4.69, 9.17) is 4.74 Å². The van der Waals surface area contributed by atoms with Crippen molar-refractivity contribution in [1.29, 1.82) is 0 Å². The molecule has 7 heteroatoms. The summed E-state index contributed by atoms with van der Waals surface area (Å²) in [6.45, 7) is 13.5. The molecule has 0 amide bonds. The van der Waals surface area contributed by atoms with Crippen molar-refractivity contribution in [2.45, 2.75) is 86.0 Å². The van der Waals surface area contributed by atoms with Crippen LogP contribution in [0.5, 0.6) is 0 Å². The fraction of sp³-hybridized carbons (Fsp3) is 0.452. The monoisotopic (exact) mass is 520 g/mol. The zero-order chi connectivity index (χ0) is 28.3. The van der Waals surface area contributed by atoms with Gasteiger partial charge in [-0.15, -0.1) is 0 Å². The van der Waals surface area contributed by atoms with Crippen LogP contribution in [0.1, 0.15) is 105 Å². The van der Waals surface area contributed by atoms with Crippen molar-refractivity contribution >= 4 is 11.9 Å². The molecule has 3 aromatic rings. The zero-order valence-corrected chi connectivity index (χ0v) is 23.5. The van der Waals surface area contributed by atoms with Crippen LogP contribution < -0.4 is 0 Å². The van der Waals surface area contributed by atoms with Crippen LogP contribution in [0.15, 0.2) is 48.5 Å². The number of aromatic nitrogens is 2. The Morgan fingerprint density at radius 1 is 1.00 bits per heavy atom. The first-order valence-electron chi connectivity index (χ1n) is 13.1. The third-order valence-corrected chi connectivity index (χ3v) is 6.26. The Bertz CT molecular complexity index is 1280. The van der Waals surface area contributed by atoms with Crippen LogP contribution in [-0.2, 0) is 17.7 Å². The SMILES string of the molecule is CCCCc1nc(C(O)C(C)(C)C)c(C(=O)O)n1Cc1ccc(-c2ccccc2C(=O)OC(C)(C)C)cc1. The molecule has 1 heterocycles. The highest BCUT2D eigenvalue weighted by atomic mass is 16.6. The molecule has 0 fully saturated rings. The summed E-state index contributed by atoms with van der Waals surface area (Å²) >= 11 is 0. The second-order valence-corrected chi connectivity index (χ2v) is 11.8. The van der Waals surface area contributed by atoms with Crippen molar-refractivity contribution in [2.24, 2.45) is 5.41 Å². The van der Waals surface area contributed by atoms with Gasteiger partial charge in [-0.25, -0.2) is 14.6 Å². The molecule has 1 unspecified atom stereocenters. The Balaban J connectivity index is 1.99. The first-order chi connectivity index (χ1) is 17.7. The molecule has 0 aliphatic carbocycles. The van der Waals surface area contributed by atoms with Gasteiger partial charge in [0.15, 0.2) is 5.69 Å². The fourth-order valence-corrected chi connectivity index (χ4v) is 4.26. The number of aliphatic hydroxyl groups excluding tert-OH is 1. The van der Waals surface area contributed by atoms with E-state index in [0.29, 0.717) is 24.4 Å². The van der Waals surface area contributed by atoms with E-state index in [-0.39, 0.29) is 17.4 Å². The van der Waals surface area contributed by atoms with E-state index in [9.17, 15) is 19.8 Å². The van der Waals surface area contributed by atoms with Crippen LogP contribution in [0.25, 0.3) is 11.1 Å². The Kier molecular flexibility index (Phi) is 8.82. The molecule has 0 aliphatic heterocycles. The van der Waals surface area contributed by atoms with E-state index in [1.807, 2.05) is 84.0 Å². The number of hydrogen-bond donors (Lipinski definition) is 2. The number of rotatable bonds is 9. The summed E-state index contributed by atoms with van der Waals surface area (Å²) in [4.78, 5) is 29.8. The number of unbranched alkanes of at least 4 members (excludes halogenated alkanes) is 1. The van der Waals surface area contributed by atoms with Crippen LogP contribution in [0, 0.1) is 5.41 Å². The zero-order valence-electron chi connectivity index (χ0n) is 23.5. The molecule has 38 heavy (non-hydrogen) atoms. The number of carboxylic acids is 1. The summed E-state index contributed by atoms with van der Waals surface area (Å²) in [5.74, 6) is -0.837. The van der Waals surface area contributed by atoms with Gasteiger partial charge < -0.3 is 19.5 Å². The van der Waals surface area contributed by atoms with Crippen molar-refractivity contribution in [3.8, 4) is 11.1 Å². The maximum atomic E-state index is 12.8. The van der Waals surface area contributed by atoms with E-state index in [0.717, 1.165) is 29.5 Å². The summed E-state index contributed by atoms with van der Waals surface area (Å²) in [7, 11) is 0. The predicted molar refractivity (Wildman–Crippen MR) is 148 cm³/mol. The lowest BCUT2D eigenvalue weighted by Gasteiger charge is -2.24. The Labute approximate surface area is 225 Å². The summed E-state index contributed by atoms with van der Waals surface area (Å²) in [6.07, 6.45) is 1.41. The Hall–Kier alpha value is -3.45. The highest BCUT2D eigenvalue weighted by Gasteiger charge is 2.33. The molecule has 7 nitrogen and oxygen atoms in total. The topological polar surface area (TPSA) is 102 Å². The Morgan fingerprint density at radius 2 is 1.63 bits per heavy atom. The van der Waals surface area contributed by atoms with Crippen LogP contribution in [0.4, 0.5) is 0 Å². The number of aliphatic hydroxyl groups is 1. The fourth-order valence-electron chi connectivity index (χ4n) is 4.26. The average Bonchev–Trinajstić information content (AvgIpc) is 3.19. The summed E-state index contributed by atoms with van der Waals surface area (Å²) < 4.78 is 7.30. The molecule has 0 aliphatic rings. The second kappa shape index (κ2) is 11.5. The van der Waals surface area contributed by atoms with E-state index in [2.05, 4.69) is 11.9 Å².